The molecule has 0 aromatic heterocycles. The minimum Gasteiger partial charge on any atom is -0.321 e. The van der Waals surface area contributed by atoms with Crippen molar-refractivity contribution in [3.8, 4) is 0 Å². The summed E-state index contributed by atoms with van der Waals surface area (Å²) in [5, 5.41) is 0. The van der Waals surface area contributed by atoms with Crippen molar-refractivity contribution < 1.29 is 17.2 Å². The largest absolute Gasteiger partial charge is 0.321 e. The van der Waals surface area contributed by atoms with Crippen LogP contribution in [0.2, 0.25) is 0 Å². The predicted molar refractivity (Wildman–Crippen MR) is 68.4 cm³/mol. The van der Waals surface area contributed by atoms with Crippen molar-refractivity contribution in [1.29, 1.82) is 0 Å². The van der Waals surface area contributed by atoms with E-state index in [0.29, 0.717) is 18.9 Å². The number of hydrogen-bond donors (Lipinski definition) is 1. The molecule has 1 aliphatic rings. The average molecular weight is 289 g/mol. The van der Waals surface area contributed by atoms with Crippen molar-refractivity contribution in [2.24, 2.45) is 5.73 Å². The van der Waals surface area contributed by atoms with Crippen LogP contribution in [0.25, 0.3) is 0 Å². The maximum absolute atomic E-state index is 14.4. The van der Waals surface area contributed by atoms with E-state index < -0.39 is 31.9 Å². The van der Waals surface area contributed by atoms with Crippen LogP contribution in [0.15, 0.2) is 17.0 Å². The van der Waals surface area contributed by atoms with Gasteiger partial charge < -0.3 is 5.73 Å². The van der Waals surface area contributed by atoms with Crippen LogP contribution in [0.3, 0.4) is 0 Å². The molecule has 0 unspecified atom stereocenters. The van der Waals surface area contributed by atoms with Crippen molar-refractivity contribution >= 4 is 9.84 Å². The van der Waals surface area contributed by atoms with Gasteiger partial charge >= 0.3 is 0 Å². The van der Waals surface area contributed by atoms with Gasteiger partial charge in [-0.05, 0) is 25.0 Å². The Morgan fingerprint density at radius 1 is 1.16 bits per heavy atom. The molecule has 0 heterocycles. The van der Waals surface area contributed by atoms with Gasteiger partial charge in [0.05, 0.1) is 0 Å². The van der Waals surface area contributed by atoms with Crippen LogP contribution >= 0.6 is 0 Å². The van der Waals surface area contributed by atoms with Gasteiger partial charge in [0.2, 0.25) is 0 Å². The fourth-order valence-corrected chi connectivity index (χ4v) is 3.41. The molecule has 19 heavy (non-hydrogen) atoms. The van der Waals surface area contributed by atoms with E-state index in [4.69, 9.17) is 5.73 Å². The van der Waals surface area contributed by atoms with Crippen LogP contribution in [0.1, 0.15) is 37.7 Å². The maximum Gasteiger partial charge on any atom is 0.178 e. The fourth-order valence-electron chi connectivity index (χ4n) is 2.65. The number of rotatable bonds is 2. The predicted octanol–water partition coefficient (Wildman–Crippen LogP) is 2.49. The van der Waals surface area contributed by atoms with E-state index in [0.717, 1.165) is 31.6 Å². The maximum atomic E-state index is 14.4. The lowest BCUT2D eigenvalue weighted by Crippen LogP contribution is -2.39. The first kappa shape index (κ1) is 14.4. The number of nitrogens with two attached hydrogens (primary N) is 1. The molecule has 2 N–H and O–H groups in total. The van der Waals surface area contributed by atoms with E-state index >= 15 is 0 Å². The summed E-state index contributed by atoms with van der Waals surface area (Å²) >= 11 is 0. The van der Waals surface area contributed by atoms with E-state index in [1.54, 1.807) is 0 Å². The van der Waals surface area contributed by atoms with Gasteiger partial charge in [-0.25, -0.2) is 17.2 Å². The summed E-state index contributed by atoms with van der Waals surface area (Å²) in [7, 11) is -3.81. The quantitative estimate of drug-likeness (QED) is 0.910. The molecule has 106 valence electrons. The Morgan fingerprint density at radius 3 is 2.26 bits per heavy atom. The smallest absolute Gasteiger partial charge is 0.178 e. The molecule has 2 rings (SSSR count). The summed E-state index contributed by atoms with van der Waals surface area (Å²) in [6.07, 6.45) is 4.61. The third-order valence-corrected chi connectivity index (χ3v) is 4.78. The minimum atomic E-state index is -3.81. The third kappa shape index (κ3) is 2.79. The molecule has 1 fully saturated rings. The van der Waals surface area contributed by atoms with Crippen molar-refractivity contribution in [1.82, 2.24) is 0 Å². The molecule has 1 aliphatic carbocycles. The summed E-state index contributed by atoms with van der Waals surface area (Å²) in [6.45, 7) is 0. The summed E-state index contributed by atoms with van der Waals surface area (Å²) in [5.41, 5.74) is 5.17. The lowest BCUT2D eigenvalue weighted by Gasteiger charge is -2.34. The Hall–Kier alpha value is -1.01. The molecule has 1 saturated carbocycles. The first-order valence-corrected chi connectivity index (χ1v) is 8.12. The molecule has 0 radical (unpaired) electrons. The van der Waals surface area contributed by atoms with Gasteiger partial charge in [0, 0.05) is 17.4 Å². The lowest BCUT2D eigenvalue weighted by molar-refractivity contribution is 0.290. The Labute approximate surface area is 111 Å². The van der Waals surface area contributed by atoms with Crippen LogP contribution in [0.5, 0.6) is 0 Å². The summed E-state index contributed by atoms with van der Waals surface area (Å²) in [5.74, 6) is -1.68. The first-order chi connectivity index (χ1) is 8.74. The number of hydrogen-bond acceptors (Lipinski definition) is 3. The van der Waals surface area contributed by atoms with Gasteiger partial charge in [0.15, 0.2) is 9.84 Å². The van der Waals surface area contributed by atoms with Gasteiger partial charge in [0.25, 0.3) is 0 Å². The van der Waals surface area contributed by atoms with E-state index in [-0.39, 0.29) is 5.56 Å². The third-order valence-electron chi connectivity index (χ3n) is 3.69. The second-order valence-corrected chi connectivity index (χ2v) is 7.24. The first-order valence-electron chi connectivity index (χ1n) is 6.22. The summed E-state index contributed by atoms with van der Waals surface area (Å²) in [4.78, 5) is -0.613. The Kier molecular flexibility index (Phi) is 3.66. The molecule has 1 aromatic carbocycles. The van der Waals surface area contributed by atoms with Crippen LogP contribution in [0, 0.1) is 11.6 Å². The molecule has 6 heteroatoms. The highest BCUT2D eigenvalue weighted by atomic mass is 32.2. The van der Waals surface area contributed by atoms with Crippen molar-refractivity contribution in [3.05, 3.63) is 29.3 Å². The second-order valence-electron chi connectivity index (χ2n) is 5.25. The molecular formula is C13H17F2NO2S. The standard InChI is InChI=1S/C13H17F2NO2S/c1-19(17,18)11-8-9(14)7-10(12(11)15)13(16)5-3-2-4-6-13/h7-8H,2-6,16H2,1H3. The molecule has 0 spiro atoms. The average Bonchev–Trinajstić information content (AvgIpc) is 2.31. The number of benzene rings is 1. The summed E-state index contributed by atoms with van der Waals surface area (Å²) < 4.78 is 50.9. The zero-order valence-electron chi connectivity index (χ0n) is 10.7. The van der Waals surface area contributed by atoms with Gasteiger partial charge in [0.1, 0.15) is 16.5 Å². The van der Waals surface area contributed by atoms with Gasteiger partial charge in [-0.3, -0.25) is 0 Å². The van der Waals surface area contributed by atoms with E-state index in [2.05, 4.69) is 0 Å². The highest BCUT2D eigenvalue weighted by molar-refractivity contribution is 7.90. The van der Waals surface area contributed by atoms with E-state index in [1.165, 1.54) is 0 Å². The van der Waals surface area contributed by atoms with Crippen LogP contribution in [-0.2, 0) is 15.4 Å². The fraction of sp³-hybridized carbons (Fsp3) is 0.538. The molecule has 0 aliphatic heterocycles. The van der Waals surface area contributed by atoms with Crippen molar-refractivity contribution in [2.45, 2.75) is 42.5 Å². The zero-order chi connectivity index (χ0) is 14.3. The SMILES string of the molecule is CS(=O)(=O)c1cc(F)cc(C2(N)CCCCC2)c1F. The van der Waals surface area contributed by atoms with Gasteiger partial charge in [-0.15, -0.1) is 0 Å². The molecule has 0 atom stereocenters. The van der Waals surface area contributed by atoms with Crippen LogP contribution in [-0.4, -0.2) is 14.7 Å². The Balaban J connectivity index is 2.61. The molecule has 0 bridgehead atoms. The molecule has 0 saturated heterocycles. The zero-order valence-corrected chi connectivity index (χ0v) is 11.6. The van der Waals surface area contributed by atoms with Crippen LogP contribution < -0.4 is 5.73 Å². The highest BCUT2D eigenvalue weighted by Crippen LogP contribution is 2.37. The highest BCUT2D eigenvalue weighted by Gasteiger charge is 2.34. The van der Waals surface area contributed by atoms with E-state index in [1.807, 2.05) is 0 Å². The van der Waals surface area contributed by atoms with Gasteiger partial charge in [-0.2, -0.15) is 0 Å². The summed E-state index contributed by atoms with van der Waals surface area (Å²) in [6, 6.07) is 1.73. The lowest BCUT2D eigenvalue weighted by atomic mass is 9.77. The normalized spacial score (nSPS) is 19.4. The molecule has 1 aromatic rings. The second kappa shape index (κ2) is 4.83. The molecule has 3 nitrogen and oxygen atoms in total. The van der Waals surface area contributed by atoms with Gasteiger partial charge in [-0.1, -0.05) is 19.3 Å². The van der Waals surface area contributed by atoms with E-state index in [9.17, 15) is 17.2 Å². The monoisotopic (exact) mass is 289 g/mol. The minimum absolute atomic E-state index is 0.0207. The van der Waals surface area contributed by atoms with Crippen molar-refractivity contribution in [3.63, 3.8) is 0 Å². The number of halogens is 2. The number of sulfone groups is 1. The Morgan fingerprint density at radius 2 is 1.74 bits per heavy atom. The Bertz CT molecular complexity index is 593. The molecular weight excluding hydrogens is 272 g/mol. The van der Waals surface area contributed by atoms with Crippen LogP contribution in [0.4, 0.5) is 8.78 Å². The van der Waals surface area contributed by atoms with Crippen molar-refractivity contribution in [2.75, 3.05) is 6.26 Å². The topological polar surface area (TPSA) is 60.2 Å². The molecule has 0 amide bonds.